The molecule has 0 saturated carbocycles. The number of fused-ring (bicyclic) bond motifs is 2. The Bertz CT molecular complexity index is 1410. The first kappa shape index (κ1) is 23.1. The highest BCUT2D eigenvalue weighted by Crippen LogP contribution is 2.33. The molecule has 1 atom stereocenters. The van der Waals surface area contributed by atoms with Crippen LogP contribution in [0.3, 0.4) is 0 Å². The lowest BCUT2D eigenvalue weighted by Crippen LogP contribution is -2.39. The van der Waals surface area contributed by atoms with E-state index in [0.29, 0.717) is 36.7 Å². The van der Waals surface area contributed by atoms with Crippen LogP contribution in [0.25, 0.3) is 27.9 Å². The molecule has 8 nitrogen and oxygen atoms in total. The van der Waals surface area contributed by atoms with E-state index >= 15 is 0 Å². The van der Waals surface area contributed by atoms with Gasteiger partial charge in [0.15, 0.2) is 11.5 Å². The second-order valence-corrected chi connectivity index (χ2v) is 8.35. The Balaban J connectivity index is 1.62. The highest BCUT2D eigenvalue weighted by Gasteiger charge is 2.29. The zero-order valence-corrected chi connectivity index (χ0v) is 18.1. The summed E-state index contributed by atoms with van der Waals surface area (Å²) in [5.74, 6) is -2.24. The molecule has 0 radical (unpaired) electrons. The number of likely N-dealkylation sites (tertiary alicyclic amines) is 1. The van der Waals surface area contributed by atoms with Gasteiger partial charge >= 0.3 is 0 Å². The lowest BCUT2D eigenvalue weighted by atomic mass is 9.97. The number of hydrogen-bond acceptors (Lipinski definition) is 5. The molecule has 1 unspecified atom stereocenters. The molecule has 1 N–H and O–H groups in total. The topological polar surface area (TPSA) is 88.6 Å². The van der Waals surface area contributed by atoms with Gasteiger partial charge < -0.3 is 10.0 Å². The molecule has 1 aliphatic heterocycles. The van der Waals surface area contributed by atoms with E-state index in [1.807, 2.05) is 0 Å². The third kappa shape index (κ3) is 3.99. The van der Waals surface area contributed by atoms with Crippen LogP contribution in [-0.4, -0.2) is 66.2 Å². The summed E-state index contributed by atoms with van der Waals surface area (Å²) in [4.78, 5) is 22.5. The van der Waals surface area contributed by atoms with Crippen LogP contribution in [0.4, 0.5) is 22.0 Å². The maximum atomic E-state index is 14.5. The number of imidazole rings is 1. The molecular weight excluding hydrogens is 475 g/mol. The van der Waals surface area contributed by atoms with Gasteiger partial charge in [-0.1, -0.05) is 0 Å². The molecular formula is C22H19F5N6O2. The van der Waals surface area contributed by atoms with Gasteiger partial charge in [-0.2, -0.15) is 5.10 Å². The van der Waals surface area contributed by atoms with Gasteiger partial charge in [0.05, 0.1) is 17.4 Å². The van der Waals surface area contributed by atoms with Gasteiger partial charge in [0.2, 0.25) is 0 Å². The van der Waals surface area contributed by atoms with Gasteiger partial charge in [-0.25, -0.2) is 31.6 Å². The van der Waals surface area contributed by atoms with Crippen LogP contribution < -0.4 is 0 Å². The molecule has 184 valence electrons. The average molecular weight is 494 g/mol. The Hall–Kier alpha value is -3.61. The number of hydrogen-bond donors (Lipinski definition) is 1. The highest BCUT2D eigenvalue weighted by atomic mass is 19.3. The van der Waals surface area contributed by atoms with Crippen molar-refractivity contribution in [2.75, 3.05) is 19.7 Å². The monoisotopic (exact) mass is 494 g/mol. The van der Waals surface area contributed by atoms with Crippen LogP contribution in [-0.2, 0) is 0 Å². The van der Waals surface area contributed by atoms with Crippen molar-refractivity contribution in [3.63, 3.8) is 0 Å². The normalized spacial score (nSPS) is 16.0. The molecule has 1 aliphatic rings. The number of aliphatic hydroxyl groups excluding tert-OH is 1. The Morgan fingerprint density at radius 2 is 1.86 bits per heavy atom. The molecule has 1 amide bonds. The standard InChI is InChI=1S/C22H19F5N6O2/c23-12-5-14(24)21-29-8-17(32(21)9-12)18-13-7-28-15(6-16(13)33(30-18)20(27)19(25)26)22(35)31-3-1-11(10-34)2-4-31/h5-9,11,19-20,34H,1-4,10H2. The number of pyridine rings is 2. The quantitative estimate of drug-likeness (QED) is 0.429. The molecule has 0 aromatic carbocycles. The summed E-state index contributed by atoms with van der Waals surface area (Å²) < 4.78 is 70.6. The molecule has 4 aromatic rings. The van der Waals surface area contributed by atoms with Gasteiger partial charge in [0, 0.05) is 43.5 Å². The molecule has 1 fully saturated rings. The van der Waals surface area contributed by atoms with Crippen molar-refractivity contribution < 1.29 is 31.9 Å². The van der Waals surface area contributed by atoms with E-state index in [1.54, 1.807) is 0 Å². The molecule has 0 spiro atoms. The molecule has 0 aliphatic carbocycles. The maximum Gasteiger partial charge on any atom is 0.289 e. The molecule has 0 bridgehead atoms. The van der Waals surface area contributed by atoms with Gasteiger partial charge in [0.1, 0.15) is 17.2 Å². The number of alkyl halides is 3. The average Bonchev–Trinajstić information content (AvgIpc) is 3.44. The lowest BCUT2D eigenvalue weighted by molar-refractivity contribution is 0.00356. The van der Waals surface area contributed by atoms with Crippen molar-refractivity contribution in [3.8, 4) is 11.4 Å². The first-order chi connectivity index (χ1) is 16.8. The predicted octanol–water partition coefficient (Wildman–Crippen LogP) is 3.60. The predicted molar refractivity (Wildman–Crippen MR) is 113 cm³/mol. The molecule has 5 heterocycles. The lowest BCUT2D eigenvalue weighted by Gasteiger charge is -2.30. The van der Waals surface area contributed by atoms with Crippen molar-refractivity contribution >= 4 is 22.5 Å². The van der Waals surface area contributed by atoms with E-state index < -0.39 is 30.3 Å². The number of nitrogens with zero attached hydrogens (tertiary/aromatic N) is 6. The highest BCUT2D eigenvalue weighted by molar-refractivity contribution is 5.99. The zero-order chi connectivity index (χ0) is 24.9. The summed E-state index contributed by atoms with van der Waals surface area (Å²) in [6.07, 6.45) is -1.78. The molecule has 4 aromatic heterocycles. The summed E-state index contributed by atoms with van der Waals surface area (Å²) in [6.45, 7) is 0.794. The fourth-order valence-electron chi connectivity index (χ4n) is 4.30. The van der Waals surface area contributed by atoms with E-state index in [9.17, 15) is 31.9 Å². The minimum atomic E-state index is -3.42. The maximum absolute atomic E-state index is 14.5. The first-order valence-corrected chi connectivity index (χ1v) is 10.8. The van der Waals surface area contributed by atoms with E-state index in [-0.39, 0.29) is 46.2 Å². The van der Waals surface area contributed by atoms with E-state index in [2.05, 4.69) is 15.1 Å². The summed E-state index contributed by atoms with van der Waals surface area (Å²) in [6, 6.07) is 1.81. The van der Waals surface area contributed by atoms with Crippen LogP contribution in [0.15, 0.2) is 30.7 Å². The number of piperidine rings is 1. The van der Waals surface area contributed by atoms with Crippen molar-refractivity contribution in [2.24, 2.45) is 5.92 Å². The Labute approximate surface area is 194 Å². The number of carbonyl (C=O) groups is 1. The van der Waals surface area contributed by atoms with Gasteiger partial charge in [-0.15, -0.1) is 0 Å². The minimum Gasteiger partial charge on any atom is -0.396 e. The first-order valence-electron chi connectivity index (χ1n) is 10.8. The fraction of sp³-hybridized carbons (Fsp3) is 0.364. The van der Waals surface area contributed by atoms with Crippen molar-refractivity contribution in [1.82, 2.24) is 29.0 Å². The number of halogens is 5. The minimum absolute atomic E-state index is 0.0237. The van der Waals surface area contributed by atoms with Gasteiger partial charge in [-0.3, -0.25) is 14.2 Å². The van der Waals surface area contributed by atoms with Crippen molar-refractivity contribution in [1.29, 1.82) is 0 Å². The van der Waals surface area contributed by atoms with Crippen LogP contribution in [0.1, 0.15) is 29.6 Å². The summed E-state index contributed by atoms with van der Waals surface area (Å²) >= 11 is 0. The van der Waals surface area contributed by atoms with E-state index in [4.69, 9.17) is 0 Å². The molecule has 35 heavy (non-hydrogen) atoms. The second-order valence-electron chi connectivity index (χ2n) is 8.35. The van der Waals surface area contributed by atoms with Crippen molar-refractivity contribution in [2.45, 2.75) is 25.6 Å². The van der Waals surface area contributed by atoms with Crippen LogP contribution in [0, 0.1) is 17.6 Å². The Kier molecular flexibility index (Phi) is 5.87. The third-order valence-electron chi connectivity index (χ3n) is 6.18. The summed E-state index contributed by atoms with van der Waals surface area (Å²) in [7, 11) is 0. The van der Waals surface area contributed by atoms with Crippen LogP contribution >= 0.6 is 0 Å². The van der Waals surface area contributed by atoms with Crippen LogP contribution in [0.5, 0.6) is 0 Å². The molecule has 1 saturated heterocycles. The van der Waals surface area contributed by atoms with Crippen LogP contribution in [0.2, 0.25) is 0 Å². The Morgan fingerprint density at radius 1 is 1.11 bits per heavy atom. The largest absolute Gasteiger partial charge is 0.396 e. The number of aromatic nitrogens is 5. The van der Waals surface area contributed by atoms with E-state index in [1.165, 1.54) is 17.2 Å². The van der Waals surface area contributed by atoms with Crippen molar-refractivity contribution in [3.05, 3.63) is 48.1 Å². The summed E-state index contributed by atoms with van der Waals surface area (Å²) in [5.41, 5.74) is -0.528. The number of rotatable bonds is 5. The zero-order valence-electron chi connectivity index (χ0n) is 18.1. The number of aliphatic hydroxyl groups is 1. The number of amides is 1. The molecule has 13 heteroatoms. The SMILES string of the molecule is O=C(c1cc2c(cn1)c(-c1cnc3c(F)cc(F)cn13)nn2C(F)C(F)F)N1CCC(CO)CC1. The Morgan fingerprint density at radius 3 is 2.54 bits per heavy atom. The van der Waals surface area contributed by atoms with E-state index in [0.717, 1.165) is 16.8 Å². The molecule has 5 rings (SSSR count). The smallest absolute Gasteiger partial charge is 0.289 e. The number of carbonyl (C=O) groups excluding carboxylic acids is 1. The summed E-state index contributed by atoms with van der Waals surface area (Å²) in [5, 5.41) is 13.3. The fourth-order valence-corrected chi connectivity index (χ4v) is 4.30. The van der Waals surface area contributed by atoms with Gasteiger partial charge in [0.25, 0.3) is 18.6 Å². The van der Waals surface area contributed by atoms with Gasteiger partial charge in [-0.05, 0) is 24.8 Å². The second kappa shape index (κ2) is 8.87. The third-order valence-corrected chi connectivity index (χ3v) is 6.18.